The zero-order valence-corrected chi connectivity index (χ0v) is 15.4. The Balaban J connectivity index is 1.45. The Kier molecular flexibility index (Phi) is 5.29. The van der Waals surface area contributed by atoms with E-state index in [1.807, 2.05) is 6.07 Å². The third-order valence-electron chi connectivity index (χ3n) is 4.96. The Morgan fingerprint density at radius 1 is 1.26 bits per heavy atom. The molecule has 2 atom stereocenters. The van der Waals surface area contributed by atoms with Gasteiger partial charge in [0, 0.05) is 22.9 Å². The molecule has 0 N–H and O–H groups in total. The number of benzene rings is 1. The summed E-state index contributed by atoms with van der Waals surface area (Å²) in [4.78, 5) is 14.7. The van der Waals surface area contributed by atoms with Crippen molar-refractivity contribution in [3.63, 3.8) is 0 Å². The largest absolute Gasteiger partial charge is 0.483 e. The van der Waals surface area contributed by atoms with Crippen molar-refractivity contribution >= 4 is 18.2 Å². The molecule has 2 unspecified atom stereocenters. The SMILES string of the molecule is O=COC1CC1c1cc(F)c(OCc2cccnc2SC2CCC2)c(F)c1. The van der Waals surface area contributed by atoms with Gasteiger partial charge in [0.25, 0.3) is 6.47 Å². The highest BCUT2D eigenvalue weighted by molar-refractivity contribution is 8.00. The molecular weight excluding hydrogens is 372 g/mol. The summed E-state index contributed by atoms with van der Waals surface area (Å²) < 4.78 is 39.1. The highest BCUT2D eigenvalue weighted by atomic mass is 32.2. The van der Waals surface area contributed by atoms with Gasteiger partial charge in [0.15, 0.2) is 17.4 Å². The molecule has 7 heteroatoms. The van der Waals surface area contributed by atoms with Crippen molar-refractivity contribution < 1.29 is 23.0 Å². The van der Waals surface area contributed by atoms with Crippen molar-refractivity contribution in [2.24, 2.45) is 0 Å². The van der Waals surface area contributed by atoms with Crippen LogP contribution in [0.1, 0.15) is 42.7 Å². The summed E-state index contributed by atoms with van der Waals surface area (Å²) in [5.41, 5.74) is 1.30. The van der Waals surface area contributed by atoms with Crippen LogP contribution in [0.2, 0.25) is 0 Å². The van der Waals surface area contributed by atoms with E-state index >= 15 is 0 Å². The molecule has 1 heterocycles. The molecule has 4 nitrogen and oxygen atoms in total. The van der Waals surface area contributed by atoms with Crippen LogP contribution in [-0.4, -0.2) is 22.8 Å². The third kappa shape index (κ3) is 4.08. The topological polar surface area (TPSA) is 48.4 Å². The average Bonchev–Trinajstić information content (AvgIpc) is 3.38. The van der Waals surface area contributed by atoms with Gasteiger partial charge in [-0.25, -0.2) is 13.8 Å². The van der Waals surface area contributed by atoms with Gasteiger partial charge in [0.05, 0.1) is 0 Å². The fraction of sp³-hybridized carbons (Fsp3) is 0.400. The van der Waals surface area contributed by atoms with E-state index in [-0.39, 0.29) is 18.6 Å². The molecule has 142 valence electrons. The summed E-state index contributed by atoms with van der Waals surface area (Å²) in [6, 6.07) is 6.17. The maximum Gasteiger partial charge on any atom is 0.293 e. The highest BCUT2D eigenvalue weighted by Gasteiger charge is 2.41. The number of aromatic nitrogens is 1. The second-order valence-corrected chi connectivity index (χ2v) is 8.14. The second kappa shape index (κ2) is 7.84. The molecule has 2 aromatic rings. The van der Waals surface area contributed by atoms with E-state index in [2.05, 4.69) is 4.98 Å². The van der Waals surface area contributed by atoms with Gasteiger partial charge in [-0.1, -0.05) is 12.5 Å². The molecule has 0 radical (unpaired) electrons. The zero-order valence-electron chi connectivity index (χ0n) is 14.6. The van der Waals surface area contributed by atoms with Crippen LogP contribution in [0, 0.1) is 11.6 Å². The predicted octanol–water partition coefficient (Wildman–Crippen LogP) is 4.61. The van der Waals surface area contributed by atoms with Gasteiger partial charge in [-0.3, -0.25) is 4.79 Å². The zero-order chi connectivity index (χ0) is 18.8. The summed E-state index contributed by atoms with van der Waals surface area (Å²) in [7, 11) is 0. The van der Waals surface area contributed by atoms with Crippen LogP contribution in [0.15, 0.2) is 35.5 Å². The molecule has 1 aromatic heterocycles. The molecule has 2 fully saturated rings. The first-order valence-electron chi connectivity index (χ1n) is 8.97. The summed E-state index contributed by atoms with van der Waals surface area (Å²) in [5.74, 6) is -2.05. The quantitative estimate of drug-likeness (QED) is 0.615. The minimum atomic E-state index is -0.751. The molecule has 0 amide bonds. The van der Waals surface area contributed by atoms with Gasteiger partial charge in [-0.05, 0) is 43.0 Å². The summed E-state index contributed by atoms with van der Waals surface area (Å²) in [5, 5.41) is 1.41. The van der Waals surface area contributed by atoms with Gasteiger partial charge < -0.3 is 9.47 Å². The first-order valence-corrected chi connectivity index (χ1v) is 9.85. The van der Waals surface area contributed by atoms with Crippen molar-refractivity contribution in [3.8, 4) is 5.75 Å². The van der Waals surface area contributed by atoms with Crippen molar-refractivity contribution in [1.29, 1.82) is 0 Å². The van der Waals surface area contributed by atoms with Crippen molar-refractivity contribution in [2.45, 2.75) is 54.6 Å². The molecule has 2 saturated carbocycles. The summed E-state index contributed by atoms with van der Waals surface area (Å²) >= 11 is 1.70. The van der Waals surface area contributed by atoms with Crippen LogP contribution in [0.25, 0.3) is 0 Å². The van der Waals surface area contributed by atoms with Gasteiger partial charge in [-0.15, -0.1) is 11.8 Å². The number of hydrogen-bond donors (Lipinski definition) is 0. The van der Waals surface area contributed by atoms with Gasteiger partial charge in [0.2, 0.25) is 0 Å². The summed E-state index contributed by atoms with van der Waals surface area (Å²) in [6.07, 6.45) is 5.57. The predicted molar refractivity (Wildman–Crippen MR) is 96.7 cm³/mol. The van der Waals surface area contributed by atoms with Gasteiger partial charge >= 0.3 is 0 Å². The van der Waals surface area contributed by atoms with Gasteiger partial charge in [-0.2, -0.15) is 0 Å². The Morgan fingerprint density at radius 2 is 2.04 bits per heavy atom. The Labute approximate surface area is 160 Å². The van der Waals surface area contributed by atoms with E-state index in [1.54, 1.807) is 24.0 Å². The molecule has 2 aliphatic carbocycles. The lowest BCUT2D eigenvalue weighted by atomic mass is 10.0. The second-order valence-electron chi connectivity index (χ2n) is 6.85. The van der Waals surface area contributed by atoms with E-state index in [4.69, 9.17) is 9.47 Å². The number of halogens is 2. The maximum atomic E-state index is 14.4. The average molecular weight is 391 g/mol. The number of ether oxygens (including phenoxy) is 2. The fourth-order valence-electron chi connectivity index (χ4n) is 3.11. The van der Waals surface area contributed by atoms with Crippen LogP contribution in [0.4, 0.5) is 8.78 Å². The summed E-state index contributed by atoms with van der Waals surface area (Å²) in [6.45, 7) is 0.415. The Morgan fingerprint density at radius 3 is 2.70 bits per heavy atom. The van der Waals surface area contributed by atoms with E-state index in [9.17, 15) is 13.6 Å². The molecule has 2 aliphatic rings. The van der Waals surface area contributed by atoms with Crippen molar-refractivity contribution in [2.75, 3.05) is 0 Å². The highest BCUT2D eigenvalue weighted by Crippen LogP contribution is 2.44. The minimum Gasteiger partial charge on any atom is -0.483 e. The van der Waals surface area contributed by atoms with Crippen LogP contribution >= 0.6 is 11.8 Å². The van der Waals surface area contributed by atoms with E-state index in [0.717, 1.165) is 10.6 Å². The smallest absolute Gasteiger partial charge is 0.293 e. The van der Waals surface area contributed by atoms with Crippen LogP contribution < -0.4 is 4.74 Å². The number of hydrogen-bond acceptors (Lipinski definition) is 5. The standard InChI is InChI=1S/C20H19F2NO3S/c21-16-7-13(15-9-18(15)26-11-24)8-17(22)19(16)25-10-12-3-2-6-23-20(12)27-14-4-1-5-14/h2-3,6-8,11,14-15,18H,1,4-5,9-10H2. The lowest BCUT2D eigenvalue weighted by Gasteiger charge is -2.24. The number of nitrogens with zero attached hydrogens (tertiary/aromatic N) is 1. The molecule has 0 saturated heterocycles. The third-order valence-corrected chi connectivity index (χ3v) is 6.36. The fourth-order valence-corrected chi connectivity index (χ4v) is 4.40. The normalized spacial score (nSPS) is 21.4. The molecule has 0 aliphatic heterocycles. The van der Waals surface area contributed by atoms with Crippen LogP contribution in [-0.2, 0) is 16.1 Å². The first-order chi connectivity index (χ1) is 13.2. The number of thioether (sulfide) groups is 1. The first kappa shape index (κ1) is 18.2. The lowest BCUT2D eigenvalue weighted by Crippen LogP contribution is -2.14. The lowest BCUT2D eigenvalue weighted by molar-refractivity contribution is -0.129. The molecule has 4 rings (SSSR count). The van der Waals surface area contributed by atoms with Crippen molar-refractivity contribution in [1.82, 2.24) is 4.98 Å². The maximum absolute atomic E-state index is 14.4. The van der Waals surface area contributed by atoms with Gasteiger partial charge in [0.1, 0.15) is 17.7 Å². The molecular formula is C20H19F2NO3S. The van der Waals surface area contributed by atoms with E-state index in [1.165, 1.54) is 31.4 Å². The van der Waals surface area contributed by atoms with Crippen molar-refractivity contribution in [3.05, 3.63) is 53.2 Å². The molecule has 27 heavy (non-hydrogen) atoms. The molecule has 0 bridgehead atoms. The number of rotatable bonds is 8. The monoisotopic (exact) mass is 391 g/mol. The Hall–Kier alpha value is -2.15. The number of pyridine rings is 1. The molecule has 1 aromatic carbocycles. The van der Waals surface area contributed by atoms with Crippen LogP contribution in [0.3, 0.4) is 0 Å². The van der Waals surface area contributed by atoms with E-state index in [0.29, 0.717) is 23.7 Å². The Bertz CT molecular complexity index is 821. The molecule has 0 spiro atoms. The number of carbonyl (C=O) groups excluding carboxylic acids is 1. The number of carbonyl (C=O) groups is 1. The van der Waals surface area contributed by atoms with E-state index < -0.39 is 17.4 Å². The minimum absolute atomic E-state index is 0.0520. The van der Waals surface area contributed by atoms with Crippen LogP contribution in [0.5, 0.6) is 5.75 Å².